The Labute approximate surface area is 118 Å². The minimum absolute atomic E-state index is 0.116. The monoisotopic (exact) mass is 289 g/mol. The minimum atomic E-state index is -0.533. The summed E-state index contributed by atoms with van der Waals surface area (Å²) in [6, 6.07) is 12.0. The van der Waals surface area contributed by atoms with Gasteiger partial charge in [0.15, 0.2) is 0 Å². The van der Waals surface area contributed by atoms with E-state index >= 15 is 0 Å². The molecule has 0 aliphatic rings. The Hall–Kier alpha value is -3.20. The average Bonchev–Trinajstić information content (AvgIpc) is 2.48. The summed E-state index contributed by atoms with van der Waals surface area (Å²) in [4.78, 5) is 20.6. The lowest BCUT2D eigenvalue weighted by Gasteiger charge is -2.11. The van der Waals surface area contributed by atoms with E-state index in [1.54, 1.807) is 24.3 Å². The van der Waals surface area contributed by atoms with Crippen LogP contribution in [0.15, 0.2) is 48.5 Å². The summed E-state index contributed by atoms with van der Waals surface area (Å²) in [7, 11) is 0. The molecule has 0 fully saturated rings. The van der Waals surface area contributed by atoms with Crippen LogP contribution < -0.4 is 16.4 Å². The van der Waals surface area contributed by atoms with Crippen molar-refractivity contribution in [2.24, 2.45) is 0 Å². The van der Waals surface area contributed by atoms with Crippen LogP contribution in [-0.2, 0) is 0 Å². The third-order valence-electron chi connectivity index (χ3n) is 2.60. The predicted octanol–water partition coefficient (Wildman–Crippen LogP) is 2.45. The number of benzene rings is 2. The average molecular weight is 289 g/mol. The topological polar surface area (TPSA) is 122 Å². The maximum absolute atomic E-state index is 10.8. The van der Waals surface area contributed by atoms with Crippen LogP contribution in [0.4, 0.5) is 22.7 Å². The van der Waals surface area contributed by atoms with Crippen molar-refractivity contribution >= 4 is 22.7 Å². The summed E-state index contributed by atoms with van der Waals surface area (Å²) < 4.78 is 0. The van der Waals surface area contributed by atoms with Crippen molar-refractivity contribution < 1.29 is 9.85 Å². The van der Waals surface area contributed by atoms with E-state index in [0.717, 1.165) is 0 Å². The molecular formula is C12H11N5O4. The van der Waals surface area contributed by atoms with Crippen LogP contribution >= 0.6 is 0 Å². The molecule has 0 saturated carbocycles. The highest BCUT2D eigenvalue weighted by atomic mass is 16.6. The van der Waals surface area contributed by atoms with Gasteiger partial charge in [-0.15, -0.1) is 5.53 Å². The Morgan fingerprint density at radius 1 is 0.714 bits per heavy atom. The van der Waals surface area contributed by atoms with Gasteiger partial charge in [0.05, 0.1) is 9.85 Å². The molecule has 108 valence electrons. The van der Waals surface area contributed by atoms with Gasteiger partial charge in [-0.25, -0.2) is 0 Å². The van der Waals surface area contributed by atoms with Crippen LogP contribution in [0.3, 0.4) is 0 Å². The number of nitrogens with one attached hydrogen (secondary N) is 3. The number of hydrogen-bond donors (Lipinski definition) is 3. The smallest absolute Gasteiger partial charge is 0.293 e. The Bertz CT molecular complexity index is 619. The summed E-state index contributed by atoms with van der Waals surface area (Å²) in [5.74, 6) is 0. The van der Waals surface area contributed by atoms with Crippen LogP contribution in [0.2, 0.25) is 0 Å². The first kappa shape index (κ1) is 14.2. The first-order chi connectivity index (χ1) is 10.1. The normalized spacial score (nSPS) is 9.90. The Kier molecular flexibility index (Phi) is 4.26. The number of hydrazine groups is 2. The van der Waals surface area contributed by atoms with E-state index in [1.807, 2.05) is 0 Å². The molecule has 0 spiro atoms. The molecule has 9 heteroatoms. The third kappa shape index (κ3) is 3.42. The van der Waals surface area contributed by atoms with Crippen molar-refractivity contribution in [2.45, 2.75) is 0 Å². The van der Waals surface area contributed by atoms with Crippen LogP contribution in [0.5, 0.6) is 0 Å². The first-order valence-electron chi connectivity index (χ1n) is 5.83. The summed E-state index contributed by atoms with van der Waals surface area (Å²) >= 11 is 0. The molecule has 0 atom stereocenters. The molecule has 0 saturated heterocycles. The Morgan fingerprint density at radius 2 is 1.10 bits per heavy atom. The van der Waals surface area contributed by atoms with Crippen LogP contribution in [0.1, 0.15) is 0 Å². The van der Waals surface area contributed by atoms with Gasteiger partial charge < -0.3 is 0 Å². The second-order valence-corrected chi connectivity index (χ2v) is 3.92. The quantitative estimate of drug-likeness (QED) is 0.551. The highest BCUT2D eigenvalue weighted by Crippen LogP contribution is 2.24. The molecule has 0 amide bonds. The molecular weight excluding hydrogens is 278 g/mol. The van der Waals surface area contributed by atoms with E-state index in [4.69, 9.17) is 0 Å². The maximum Gasteiger partial charge on any atom is 0.293 e. The van der Waals surface area contributed by atoms with Crippen LogP contribution in [-0.4, -0.2) is 9.85 Å². The van der Waals surface area contributed by atoms with Gasteiger partial charge in [-0.2, -0.15) is 0 Å². The second-order valence-electron chi connectivity index (χ2n) is 3.92. The molecule has 0 unspecified atom stereocenters. The number of nitro benzene ring substituents is 2. The molecule has 0 heterocycles. The zero-order chi connectivity index (χ0) is 15.2. The van der Waals surface area contributed by atoms with Gasteiger partial charge in [-0.1, -0.05) is 24.3 Å². The number of para-hydroxylation sites is 4. The summed E-state index contributed by atoms with van der Waals surface area (Å²) in [6.07, 6.45) is 0. The third-order valence-corrected chi connectivity index (χ3v) is 2.60. The van der Waals surface area contributed by atoms with Gasteiger partial charge in [0, 0.05) is 12.1 Å². The summed E-state index contributed by atoms with van der Waals surface area (Å²) in [6.45, 7) is 0. The van der Waals surface area contributed by atoms with E-state index in [9.17, 15) is 20.2 Å². The molecule has 9 nitrogen and oxygen atoms in total. The molecule has 0 aliphatic carbocycles. The molecule has 2 aromatic rings. The fourth-order valence-corrected chi connectivity index (χ4v) is 1.64. The Balaban J connectivity index is 2.06. The van der Waals surface area contributed by atoms with Gasteiger partial charge in [-0.05, 0) is 12.1 Å². The first-order valence-corrected chi connectivity index (χ1v) is 5.83. The number of rotatable bonds is 6. The highest BCUT2D eigenvalue weighted by molar-refractivity contribution is 5.63. The predicted molar refractivity (Wildman–Crippen MR) is 76.6 cm³/mol. The fraction of sp³-hybridized carbons (Fsp3) is 0. The second kappa shape index (κ2) is 6.30. The number of nitro groups is 2. The molecule has 2 rings (SSSR count). The van der Waals surface area contributed by atoms with E-state index in [2.05, 4.69) is 16.4 Å². The number of anilines is 2. The van der Waals surface area contributed by atoms with Gasteiger partial charge in [0.25, 0.3) is 11.4 Å². The molecule has 0 radical (unpaired) electrons. The largest absolute Gasteiger partial charge is 0.298 e. The fourth-order valence-electron chi connectivity index (χ4n) is 1.64. The molecule has 0 bridgehead atoms. The molecule has 0 aliphatic heterocycles. The van der Waals surface area contributed by atoms with E-state index < -0.39 is 9.85 Å². The van der Waals surface area contributed by atoms with Crippen molar-refractivity contribution in [1.82, 2.24) is 5.53 Å². The number of nitrogens with zero attached hydrogens (tertiary/aromatic N) is 2. The van der Waals surface area contributed by atoms with Crippen LogP contribution in [0, 0.1) is 20.2 Å². The van der Waals surface area contributed by atoms with E-state index in [1.165, 1.54) is 24.3 Å². The van der Waals surface area contributed by atoms with Gasteiger partial charge in [0.2, 0.25) is 0 Å². The molecule has 0 aromatic heterocycles. The zero-order valence-corrected chi connectivity index (χ0v) is 10.6. The van der Waals surface area contributed by atoms with Gasteiger partial charge in [0.1, 0.15) is 11.4 Å². The maximum atomic E-state index is 10.8. The van der Waals surface area contributed by atoms with E-state index in [-0.39, 0.29) is 22.7 Å². The highest BCUT2D eigenvalue weighted by Gasteiger charge is 2.13. The van der Waals surface area contributed by atoms with Crippen molar-refractivity contribution in [3.05, 3.63) is 68.8 Å². The van der Waals surface area contributed by atoms with E-state index in [0.29, 0.717) is 0 Å². The van der Waals surface area contributed by atoms with Gasteiger partial charge >= 0.3 is 0 Å². The van der Waals surface area contributed by atoms with Crippen molar-refractivity contribution in [2.75, 3.05) is 10.9 Å². The summed E-state index contributed by atoms with van der Waals surface area (Å²) in [5.41, 5.74) is 7.89. The standard InChI is InChI=1S/C12H11N5O4/c18-16(19)11-7-3-1-5-9(11)13-15-14-10-6-2-4-8-12(10)17(20)21/h1-8,13-15H. The van der Waals surface area contributed by atoms with Crippen molar-refractivity contribution in [3.8, 4) is 0 Å². The molecule has 2 aromatic carbocycles. The molecule has 21 heavy (non-hydrogen) atoms. The van der Waals surface area contributed by atoms with Crippen LogP contribution in [0.25, 0.3) is 0 Å². The minimum Gasteiger partial charge on any atom is -0.298 e. The zero-order valence-electron chi connectivity index (χ0n) is 10.6. The lowest BCUT2D eigenvalue weighted by Crippen LogP contribution is -2.28. The van der Waals surface area contributed by atoms with Crippen molar-refractivity contribution in [1.29, 1.82) is 0 Å². The molecule has 3 N–H and O–H groups in total. The van der Waals surface area contributed by atoms with Gasteiger partial charge in [-0.3, -0.25) is 31.1 Å². The Morgan fingerprint density at radius 3 is 1.48 bits per heavy atom. The number of hydrogen-bond acceptors (Lipinski definition) is 7. The van der Waals surface area contributed by atoms with Crippen molar-refractivity contribution in [3.63, 3.8) is 0 Å². The SMILES string of the molecule is O=[N+]([O-])c1ccccc1NNNc1ccccc1[N+](=O)[O-]. The lowest BCUT2D eigenvalue weighted by atomic mass is 10.3. The summed E-state index contributed by atoms with van der Waals surface area (Å²) in [5, 5.41) is 21.7. The lowest BCUT2D eigenvalue weighted by molar-refractivity contribution is -0.384.